The van der Waals surface area contributed by atoms with Gasteiger partial charge in [0.1, 0.15) is 11.3 Å². The number of hydrogen-bond acceptors (Lipinski definition) is 5. The van der Waals surface area contributed by atoms with Gasteiger partial charge in [-0.1, -0.05) is 19.3 Å². The Balaban J connectivity index is 1.58. The largest absolute Gasteiger partial charge is 0.472 e. The van der Waals surface area contributed by atoms with E-state index >= 15 is 0 Å². The number of nitrogens with zero attached hydrogens (tertiary/aromatic N) is 1. The van der Waals surface area contributed by atoms with Gasteiger partial charge in [0, 0.05) is 29.5 Å². The van der Waals surface area contributed by atoms with Crippen LogP contribution in [0.5, 0.6) is 0 Å². The van der Waals surface area contributed by atoms with Crippen LogP contribution >= 0.6 is 11.3 Å². The number of carbonyl (C=O) groups excluding carboxylic acids is 1. The number of aromatic nitrogens is 1. The maximum Gasteiger partial charge on any atom is 0.226 e. The van der Waals surface area contributed by atoms with Gasteiger partial charge >= 0.3 is 0 Å². The Morgan fingerprint density at radius 3 is 3.04 bits per heavy atom. The van der Waals surface area contributed by atoms with Crippen LogP contribution in [0.25, 0.3) is 10.6 Å². The van der Waals surface area contributed by atoms with Gasteiger partial charge < -0.3 is 14.8 Å². The van der Waals surface area contributed by atoms with Crippen molar-refractivity contribution in [2.75, 3.05) is 6.61 Å². The number of amides is 1. The molecule has 2 N–H and O–H groups in total. The van der Waals surface area contributed by atoms with Crippen molar-refractivity contribution in [3.05, 3.63) is 29.7 Å². The van der Waals surface area contributed by atoms with Crippen LogP contribution in [0.15, 0.2) is 28.4 Å². The number of carbonyl (C=O) groups is 1. The van der Waals surface area contributed by atoms with E-state index in [9.17, 15) is 9.90 Å². The van der Waals surface area contributed by atoms with E-state index < -0.39 is 0 Å². The van der Waals surface area contributed by atoms with Crippen LogP contribution in [0, 0.1) is 5.92 Å². The number of rotatable bonds is 5. The molecule has 2 heterocycles. The lowest BCUT2D eigenvalue weighted by Gasteiger charge is -2.24. The summed E-state index contributed by atoms with van der Waals surface area (Å²) in [5, 5.41) is 15.4. The van der Waals surface area contributed by atoms with E-state index in [1.807, 2.05) is 11.4 Å². The van der Waals surface area contributed by atoms with Crippen molar-refractivity contribution in [3.8, 4) is 10.6 Å². The van der Waals surface area contributed by atoms with Crippen molar-refractivity contribution in [1.82, 2.24) is 10.3 Å². The quantitative estimate of drug-likeness (QED) is 0.824. The van der Waals surface area contributed by atoms with Crippen molar-refractivity contribution >= 4 is 17.2 Å². The zero-order valence-electron chi connectivity index (χ0n) is 13.0. The molecule has 1 aliphatic rings. The smallest absolute Gasteiger partial charge is 0.226 e. The first-order valence-corrected chi connectivity index (χ1v) is 9.01. The van der Waals surface area contributed by atoms with Gasteiger partial charge in [0.05, 0.1) is 18.4 Å². The third kappa shape index (κ3) is 4.20. The highest BCUT2D eigenvalue weighted by molar-refractivity contribution is 7.13. The van der Waals surface area contributed by atoms with Gasteiger partial charge in [0.15, 0.2) is 0 Å². The predicted octanol–water partition coefficient (Wildman–Crippen LogP) is 3.00. The topological polar surface area (TPSA) is 75.4 Å². The van der Waals surface area contributed by atoms with Crippen molar-refractivity contribution in [3.63, 3.8) is 0 Å². The van der Waals surface area contributed by atoms with E-state index in [4.69, 9.17) is 4.42 Å². The summed E-state index contributed by atoms with van der Waals surface area (Å²) in [6, 6.07) is 1.95. The first-order valence-electron chi connectivity index (χ1n) is 8.13. The Kier molecular flexibility index (Phi) is 5.46. The average molecular weight is 334 g/mol. The third-order valence-corrected chi connectivity index (χ3v) is 5.34. The number of aliphatic hydroxyl groups is 1. The monoisotopic (exact) mass is 334 g/mol. The molecule has 6 heteroatoms. The molecule has 0 aliphatic heterocycles. The van der Waals surface area contributed by atoms with Gasteiger partial charge in [-0.05, 0) is 18.9 Å². The van der Waals surface area contributed by atoms with Gasteiger partial charge in [-0.3, -0.25) is 4.79 Å². The number of aliphatic hydroxyl groups excluding tert-OH is 1. The lowest BCUT2D eigenvalue weighted by atomic mass is 9.95. The Labute approximate surface area is 139 Å². The van der Waals surface area contributed by atoms with Crippen LogP contribution in [0.2, 0.25) is 0 Å². The fraction of sp³-hybridized carbons (Fsp3) is 0.529. The van der Waals surface area contributed by atoms with E-state index in [0.717, 1.165) is 41.9 Å². The highest BCUT2D eigenvalue weighted by Crippen LogP contribution is 2.25. The van der Waals surface area contributed by atoms with E-state index in [0.29, 0.717) is 0 Å². The molecule has 23 heavy (non-hydrogen) atoms. The van der Waals surface area contributed by atoms with Crippen molar-refractivity contribution < 1.29 is 14.3 Å². The van der Waals surface area contributed by atoms with Crippen LogP contribution in [-0.2, 0) is 11.2 Å². The summed E-state index contributed by atoms with van der Waals surface area (Å²) >= 11 is 1.51. The summed E-state index contributed by atoms with van der Waals surface area (Å²) in [4.78, 5) is 16.8. The molecule has 2 atom stereocenters. The zero-order chi connectivity index (χ0) is 16.1. The Morgan fingerprint density at radius 1 is 1.39 bits per heavy atom. The lowest BCUT2D eigenvalue weighted by molar-refractivity contribution is -0.121. The summed E-state index contributed by atoms with van der Waals surface area (Å²) in [6.07, 6.45) is 8.92. The van der Waals surface area contributed by atoms with Gasteiger partial charge in [-0.2, -0.15) is 0 Å². The molecular formula is C17H22N2O3S. The molecule has 0 radical (unpaired) electrons. The molecule has 2 unspecified atom stereocenters. The van der Waals surface area contributed by atoms with Gasteiger partial charge in [0.25, 0.3) is 0 Å². The molecule has 0 aromatic carbocycles. The summed E-state index contributed by atoms with van der Waals surface area (Å²) in [5.41, 5.74) is 1.71. The minimum absolute atomic E-state index is 0.0145. The van der Waals surface area contributed by atoms with E-state index in [1.54, 1.807) is 12.5 Å². The predicted molar refractivity (Wildman–Crippen MR) is 89.1 cm³/mol. The molecular weight excluding hydrogens is 312 g/mol. The van der Waals surface area contributed by atoms with Gasteiger partial charge in [0.2, 0.25) is 5.91 Å². The van der Waals surface area contributed by atoms with Crippen LogP contribution in [0.4, 0.5) is 0 Å². The maximum atomic E-state index is 12.3. The zero-order valence-corrected chi connectivity index (χ0v) is 13.8. The van der Waals surface area contributed by atoms with Crippen LogP contribution < -0.4 is 5.32 Å². The minimum atomic E-state index is -0.0145. The second kappa shape index (κ2) is 7.75. The number of hydrogen-bond donors (Lipinski definition) is 2. The minimum Gasteiger partial charge on any atom is -0.472 e. The second-order valence-corrected chi connectivity index (χ2v) is 6.95. The van der Waals surface area contributed by atoms with E-state index in [-0.39, 0.29) is 30.9 Å². The summed E-state index contributed by atoms with van der Waals surface area (Å²) in [6.45, 7) is 0.145. The van der Waals surface area contributed by atoms with Crippen LogP contribution in [-0.4, -0.2) is 28.6 Å². The molecule has 2 aromatic rings. The Hall–Kier alpha value is -1.66. The summed E-state index contributed by atoms with van der Waals surface area (Å²) < 4.78 is 5.06. The lowest BCUT2D eigenvalue weighted by Crippen LogP contribution is -2.41. The molecule has 0 saturated heterocycles. The average Bonchev–Trinajstić information content (AvgIpc) is 3.17. The molecule has 5 nitrogen and oxygen atoms in total. The molecule has 124 valence electrons. The number of nitrogens with one attached hydrogen (secondary N) is 1. The number of furan rings is 1. The van der Waals surface area contributed by atoms with Crippen LogP contribution in [0.3, 0.4) is 0 Å². The van der Waals surface area contributed by atoms with E-state index in [2.05, 4.69) is 10.3 Å². The highest BCUT2D eigenvalue weighted by atomic mass is 32.1. The van der Waals surface area contributed by atoms with Crippen LogP contribution in [0.1, 0.15) is 37.8 Å². The second-order valence-electron chi connectivity index (χ2n) is 6.09. The summed E-state index contributed by atoms with van der Waals surface area (Å²) in [5.74, 6) is 0.165. The van der Waals surface area contributed by atoms with Crippen molar-refractivity contribution in [2.24, 2.45) is 5.92 Å². The third-order valence-electron chi connectivity index (χ3n) is 4.40. The maximum absolute atomic E-state index is 12.3. The molecule has 1 amide bonds. The fourth-order valence-electron chi connectivity index (χ4n) is 3.12. The van der Waals surface area contributed by atoms with Crippen molar-refractivity contribution in [2.45, 2.75) is 44.6 Å². The van der Waals surface area contributed by atoms with E-state index in [1.165, 1.54) is 17.8 Å². The normalized spacial score (nSPS) is 21.8. The standard InChI is InChI=1S/C17H22N2O3S/c20-9-12-4-2-1-3-5-15(12)19-16(21)8-14-11-23-17(18-14)13-6-7-22-10-13/h6-7,10-12,15,20H,1-5,8-9H2,(H,19,21). The molecule has 1 fully saturated rings. The highest BCUT2D eigenvalue weighted by Gasteiger charge is 2.24. The first-order chi connectivity index (χ1) is 11.3. The Bertz CT molecular complexity index is 624. The molecule has 2 aromatic heterocycles. The molecule has 3 rings (SSSR count). The SMILES string of the molecule is O=C(Cc1csc(-c2ccoc2)n1)NC1CCCCCC1CO. The molecule has 1 saturated carbocycles. The van der Waals surface area contributed by atoms with Gasteiger partial charge in [-0.25, -0.2) is 4.98 Å². The number of thiazole rings is 1. The van der Waals surface area contributed by atoms with Gasteiger partial charge in [-0.15, -0.1) is 11.3 Å². The molecule has 0 bridgehead atoms. The first kappa shape index (κ1) is 16.2. The molecule has 0 spiro atoms. The summed E-state index contributed by atoms with van der Waals surface area (Å²) in [7, 11) is 0. The fourth-order valence-corrected chi connectivity index (χ4v) is 3.93. The Morgan fingerprint density at radius 2 is 2.26 bits per heavy atom. The molecule has 1 aliphatic carbocycles. The van der Waals surface area contributed by atoms with Crippen molar-refractivity contribution in [1.29, 1.82) is 0 Å².